The molecular weight excluding hydrogens is 176 g/mol. The lowest BCUT2D eigenvalue weighted by Gasteiger charge is -2.15. The molecule has 0 aromatic rings. The molecule has 11 heavy (non-hydrogen) atoms. The topological polar surface area (TPSA) is 17.1 Å². The molecule has 58 valence electrons. The lowest BCUT2D eigenvalue weighted by Crippen LogP contribution is -2.21. The molecule has 1 unspecified atom stereocenters. The van der Waals surface area contributed by atoms with Crippen LogP contribution in [0, 0.1) is 5.92 Å². The van der Waals surface area contributed by atoms with E-state index in [1.165, 1.54) is 0 Å². The van der Waals surface area contributed by atoms with Gasteiger partial charge in [-0.05, 0) is 5.41 Å². The second kappa shape index (κ2) is 2.02. The molecule has 0 saturated carbocycles. The van der Waals surface area contributed by atoms with Crippen LogP contribution < -0.4 is 0 Å². The summed E-state index contributed by atoms with van der Waals surface area (Å²) in [4.78, 5) is 0. The molecule has 3 heterocycles. The minimum absolute atomic E-state index is 0.344. The Kier molecular flexibility index (Phi) is 1.19. The van der Waals surface area contributed by atoms with E-state index in [2.05, 4.69) is 23.6 Å². The van der Waals surface area contributed by atoms with Gasteiger partial charge in [0.25, 0.3) is 0 Å². The first-order valence-corrected chi connectivity index (χ1v) is 6.00. The van der Waals surface area contributed by atoms with Crippen LogP contribution in [0.4, 0.5) is 0 Å². The van der Waals surface area contributed by atoms with Crippen LogP contribution >= 0.6 is 11.8 Å². The van der Waals surface area contributed by atoms with Crippen molar-refractivity contribution >= 4 is 22.6 Å². The van der Waals surface area contributed by atoms with Gasteiger partial charge in [0.05, 0.1) is 10.5 Å². The van der Waals surface area contributed by atoms with Gasteiger partial charge in [-0.2, -0.15) is 0 Å². The van der Waals surface area contributed by atoms with Crippen molar-refractivity contribution in [3.63, 3.8) is 0 Å². The zero-order valence-electron chi connectivity index (χ0n) is 5.84. The van der Waals surface area contributed by atoms with Gasteiger partial charge < -0.3 is 0 Å². The van der Waals surface area contributed by atoms with E-state index in [0.29, 0.717) is 21.7 Å². The van der Waals surface area contributed by atoms with Crippen LogP contribution in [0.15, 0.2) is 23.6 Å². The normalized spacial score (nSPS) is 57.3. The van der Waals surface area contributed by atoms with Gasteiger partial charge in [-0.15, -0.1) is 11.8 Å². The van der Waals surface area contributed by atoms with Gasteiger partial charge in [0, 0.05) is 22.0 Å². The molecule has 0 spiro atoms. The van der Waals surface area contributed by atoms with Crippen LogP contribution in [-0.4, -0.2) is 20.0 Å². The zero-order valence-corrected chi connectivity index (χ0v) is 7.48. The molecule has 3 aliphatic heterocycles. The van der Waals surface area contributed by atoms with Crippen LogP contribution in [0.25, 0.3) is 0 Å². The Bertz CT molecular complexity index is 282. The van der Waals surface area contributed by atoms with E-state index in [4.69, 9.17) is 0 Å². The quantitative estimate of drug-likeness (QED) is 0.528. The second-order valence-corrected chi connectivity index (χ2v) is 5.98. The van der Waals surface area contributed by atoms with Crippen molar-refractivity contribution < 1.29 is 4.21 Å². The monoisotopic (exact) mass is 184 g/mol. The third kappa shape index (κ3) is 0.662. The van der Waals surface area contributed by atoms with Gasteiger partial charge in [0.15, 0.2) is 0 Å². The summed E-state index contributed by atoms with van der Waals surface area (Å²) in [6, 6.07) is 0. The third-order valence-electron chi connectivity index (χ3n) is 2.65. The van der Waals surface area contributed by atoms with Crippen molar-refractivity contribution in [2.45, 2.75) is 15.7 Å². The summed E-state index contributed by atoms with van der Waals surface area (Å²) in [6.45, 7) is 0. The average molecular weight is 184 g/mol. The highest BCUT2D eigenvalue weighted by molar-refractivity contribution is 8.04. The highest BCUT2D eigenvalue weighted by Crippen LogP contribution is 2.48. The number of fused-ring (bicyclic) bond motifs is 5. The summed E-state index contributed by atoms with van der Waals surface area (Å²) in [5.41, 5.74) is 0. The first-order chi connectivity index (χ1) is 5.38. The average Bonchev–Trinajstić information content (AvgIpc) is 2.61. The molecule has 3 aliphatic rings. The summed E-state index contributed by atoms with van der Waals surface area (Å²) in [7, 11) is -0.593. The smallest absolute Gasteiger partial charge is 0.0662 e. The largest absolute Gasteiger partial charge is 0.258 e. The molecular formula is C8H8OS2. The lowest BCUT2D eigenvalue weighted by molar-refractivity contribution is 0.665. The molecule has 1 fully saturated rings. The second-order valence-electron chi connectivity index (χ2n) is 3.15. The van der Waals surface area contributed by atoms with Crippen LogP contribution in [-0.2, 0) is 10.8 Å². The molecule has 1 nitrogen and oxygen atoms in total. The summed E-state index contributed by atoms with van der Waals surface area (Å²) >= 11 is 1.85. The van der Waals surface area contributed by atoms with Crippen LogP contribution in [0.5, 0.6) is 0 Å². The third-order valence-corrected chi connectivity index (χ3v) is 6.05. The van der Waals surface area contributed by atoms with Gasteiger partial charge in [-0.3, -0.25) is 4.21 Å². The van der Waals surface area contributed by atoms with Crippen LogP contribution in [0.1, 0.15) is 0 Å². The first-order valence-electron chi connectivity index (χ1n) is 3.78. The Hall–Kier alpha value is -0.0200. The molecule has 3 rings (SSSR count). The standard InChI is InChI=1S/C8H8OS2/c9-11-6-1-2-7(11)8-5(6)3-4-10-8/h1-8H/t5-,6+,7-,8-,11?/m0/s1. The Labute approximate surface area is 72.4 Å². The van der Waals surface area contributed by atoms with Gasteiger partial charge in [0.2, 0.25) is 0 Å². The van der Waals surface area contributed by atoms with Crippen molar-refractivity contribution in [2.24, 2.45) is 5.92 Å². The highest BCUT2D eigenvalue weighted by atomic mass is 32.2. The van der Waals surface area contributed by atoms with Gasteiger partial charge in [-0.25, -0.2) is 0 Å². The molecule has 0 radical (unpaired) electrons. The van der Waals surface area contributed by atoms with Crippen LogP contribution in [0.2, 0.25) is 0 Å². The van der Waals surface area contributed by atoms with Crippen molar-refractivity contribution in [3.8, 4) is 0 Å². The van der Waals surface area contributed by atoms with Gasteiger partial charge in [-0.1, -0.05) is 18.2 Å². The van der Waals surface area contributed by atoms with E-state index in [9.17, 15) is 4.21 Å². The summed E-state index contributed by atoms with van der Waals surface area (Å²) < 4.78 is 11.6. The zero-order chi connectivity index (χ0) is 7.42. The maximum absolute atomic E-state index is 11.6. The van der Waals surface area contributed by atoms with Crippen molar-refractivity contribution in [2.75, 3.05) is 0 Å². The fourth-order valence-electron chi connectivity index (χ4n) is 2.10. The van der Waals surface area contributed by atoms with Gasteiger partial charge in [0.1, 0.15) is 0 Å². The SMILES string of the molecule is O=S1[C@@H]2C=C[C@H]1[C@H]1SC=C[C@H]12. The Morgan fingerprint density at radius 3 is 2.82 bits per heavy atom. The van der Waals surface area contributed by atoms with E-state index in [1.807, 2.05) is 11.8 Å². The van der Waals surface area contributed by atoms with Crippen molar-refractivity contribution in [3.05, 3.63) is 23.6 Å². The molecule has 0 aromatic heterocycles. The predicted octanol–water partition coefficient (Wildman–Crippen LogP) is 1.30. The van der Waals surface area contributed by atoms with Crippen molar-refractivity contribution in [1.82, 2.24) is 0 Å². The number of hydrogen-bond acceptors (Lipinski definition) is 2. The fraction of sp³-hybridized carbons (Fsp3) is 0.500. The Morgan fingerprint density at radius 1 is 1.18 bits per heavy atom. The summed E-state index contributed by atoms with van der Waals surface area (Å²) in [6.07, 6.45) is 6.50. The molecule has 3 heteroatoms. The molecule has 1 saturated heterocycles. The molecule has 5 atom stereocenters. The maximum Gasteiger partial charge on any atom is 0.0662 e. The molecule has 0 amide bonds. The van der Waals surface area contributed by atoms with E-state index in [1.54, 1.807) is 0 Å². The number of hydrogen-bond donors (Lipinski definition) is 0. The Balaban J connectivity index is 2.10. The number of allylic oxidation sites excluding steroid dienone is 1. The minimum Gasteiger partial charge on any atom is -0.258 e. The van der Waals surface area contributed by atoms with Crippen LogP contribution in [0.3, 0.4) is 0 Å². The fourth-order valence-corrected chi connectivity index (χ4v) is 5.73. The van der Waals surface area contributed by atoms with E-state index >= 15 is 0 Å². The van der Waals surface area contributed by atoms with Crippen molar-refractivity contribution in [1.29, 1.82) is 0 Å². The molecule has 0 aromatic carbocycles. The maximum atomic E-state index is 11.6. The Morgan fingerprint density at radius 2 is 2.00 bits per heavy atom. The highest BCUT2D eigenvalue weighted by Gasteiger charge is 2.50. The molecule has 0 N–H and O–H groups in total. The number of rotatable bonds is 0. The summed E-state index contributed by atoms with van der Waals surface area (Å²) in [5, 5.41) is 3.46. The predicted molar refractivity (Wildman–Crippen MR) is 48.9 cm³/mol. The molecule has 0 aliphatic carbocycles. The summed E-state index contributed by atoms with van der Waals surface area (Å²) in [5.74, 6) is 0.579. The van der Waals surface area contributed by atoms with E-state index in [0.717, 1.165) is 0 Å². The minimum atomic E-state index is -0.593. The number of thioether (sulfide) groups is 1. The van der Waals surface area contributed by atoms with Gasteiger partial charge >= 0.3 is 0 Å². The van der Waals surface area contributed by atoms with E-state index in [-0.39, 0.29) is 0 Å². The first kappa shape index (κ1) is 6.49. The lowest BCUT2D eigenvalue weighted by atomic mass is 9.94. The molecule has 2 bridgehead atoms. The van der Waals surface area contributed by atoms with E-state index < -0.39 is 10.8 Å².